The molecule has 0 aliphatic carbocycles. The van der Waals surface area contributed by atoms with Crippen LogP contribution in [0.2, 0.25) is 0 Å². The zero-order chi connectivity index (χ0) is 12.1. The van der Waals surface area contributed by atoms with Crippen molar-refractivity contribution in [3.63, 3.8) is 0 Å². The van der Waals surface area contributed by atoms with E-state index in [1.165, 1.54) is 0 Å². The average Bonchev–Trinajstić information content (AvgIpc) is 2.26. The van der Waals surface area contributed by atoms with Crippen molar-refractivity contribution in [3.05, 3.63) is 0 Å². The van der Waals surface area contributed by atoms with Crippen LogP contribution in [-0.2, 0) is 4.79 Å². The van der Waals surface area contributed by atoms with Gasteiger partial charge < -0.3 is 20.4 Å². The SMILES string of the molecule is CC[C@@H](NC(=O)N1CCC(O)CC1)C(=O)O. The summed E-state index contributed by atoms with van der Waals surface area (Å²) in [6, 6.07) is -1.19. The normalized spacial score (nSPS) is 19.2. The second kappa shape index (κ2) is 5.69. The van der Waals surface area contributed by atoms with Crippen molar-refractivity contribution in [1.82, 2.24) is 10.2 Å². The molecule has 0 radical (unpaired) electrons. The van der Waals surface area contributed by atoms with E-state index in [4.69, 9.17) is 5.11 Å². The van der Waals surface area contributed by atoms with Gasteiger partial charge >= 0.3 is 12.0 Å². The fraction of sp³-hybridized carbons (Fsp3) is 0.800. The van der Waals surface area contributed by atoms with Crippen LogP contribution in [0.4, 0.5) is 4.79 Å². The summed E-state index contributed by atoms with van der Waals surface area (Å²) in [5, 5.41) is 20.5. The van der Waals surface area contributed by atoms with E-state index in [9.17, 15) is 14.7 Å². The van der Waals surface area contributed by atoms with Gasteiger partial charge in [0.25, 0.3) is 0 Å². The summed E-state index contributed by atoms with van der Waals surface area (Å²) in [5.74, 6) is -1.02. The fourth-order valence-corrected chi connectivity index (χ4v) is 1.65. The van der Waals surface area contributed by atoms with E-state index >= 15 is 0 Å². The highest BCUT2D eigenvalue weighted by Gasteiger charge is 2.24. The minimum Gasteiger partial charge on any atom is -0.480 e. The molecule has 1 atom stereocenters. The highest BCUT2D eigenvalue weighted by atomic mass is 16.4. The fourth-order valence-electron chi connectivity index (χ4n) is 1.65. The van der Waals surface area contributed by atoms with Crippen LogP contribution in [0, 0.1) is 0 Å². The number of piperidine rings is 1. The Morgan fingerprint density at radius 1 is 1.44 bits per heavy atom. The summed E-state index contributed by atoms with van der Waals surface area (Å²) in [6.07, 6.45) is 1.12. The van der Waals surface area contributed by atoms with Crippen LogP contribution in [-0.4, -0.2) is 52.3 Å². The molecule has 16 heavy (non-hydrogen) atoms. The van der Waals surface area contributed by atoms with Gasteiger partial charge in [0.1, 0.15) is 6.04 Å². The molecular formula is C10H18N2O4. The van der Waals surface area contributed by atoms with Gasteiger partial charge in [-0.3, -0.25) is 0 Å². The molecule has 0 bridgehead atoms. The van der Waals surface area contributed by atoms with E-state index in [1.807, 2.05) is 0 Å². The molecule has 0 unspecified atom stereocenters. The van der Waals surface area contributed by atoms with Crippen LogP contribution in [0.25, 0.3) is 0 Å². The van der Waals surface area contributed by atoms with E-state index in [0.29, 0.717) is 32.4 Å². The van der Waals surface area contributed by atoms with Gasteiger partial charge in [-0.25, -0.2) is 9.59 Å². The molecule has 0 saturated carbocycles. The second-order valence-electron chi connectivity index (χ2n) is 3.97. The highest BCUT2D eigenvalue weighted by Crippen LogP contribution is 2.10. The number of nitrogens with one attached hydrogen (secondary N) is 1. The first-order valence-electron chi connectivity index (χ1n) is 5.51. The molecule has 1 heterocycles. The first kappa shape index (κ1) is 12.8. The number of amides is 2. The smallest absolute Gasteiger partial charge is 0.326 e. The Hall–Kier alpha value is -1.30. The number of carbonyl (C=O) groups is 2. The van der Waals surface area contributed by atoms with Gasteiger partial charge in [0.2, 0.25) is 0 Å². The van der Waals surface area contributed by atoms with Crippen molar-refractivity contribution in [3.8, 4) is 0 Å². The van der Waals surface area contributed by atoms with E-state index in [-0.39, 0.29) is 12.1 Å². The number of urea groups is 1. The highest BCUT2D eigenvalue weighted by molar-refractivity contribution is 5.82. The third-order valence-electron chi connectivity index (χ3n) is 2.76. The molecule has 1 fully saturated rings. The van der Waals surface area contributed by atoms with Crippen LogP contribution in [0.1, 0.15) is 26.2 Å². The Kier molecular flexibility index (Phi) is 4.54. The van der Waals surface area contributed by atoms with Crippen molar-refractivity contribution in [2.24, 2.45) is 0 Å². The lowest BCUT2D eigenvalue weighted by Crippen LogP contribution is -2.50. The second-order valence-corrected chi connectivity index (χ2v) is 3.97. The Bertz CT molecular complexity index is 262. The van der Waals surface area contributed by atoms with Crippen LogP contribution in [0.15, 0.2) is 0 Å². The Balaban J connectivity index is 2.42. The van der Waals surface area contributed by atoms with E-state index in [2.05, 4.69) is 5.32 Å². The van der Waals surface area contributed by atoms with Gasteiger partial charge in [0, 0.05) is 13.1 Å². The Morgan fingerprint density at radius 3 is 2.44 bits per heavy atom. The molecule has 1 aliphatic heterocycles. The molecular weight excluding hydrogens is 212 g/mol. The minimum atomic E-state index is -1.02. The monoisotopic (exact) mass is 230 g/mol. The molecule has 0 aromatic carbocycles. The zero-order valence-corrected chi connectivity index (χ0v) is 9.35. The van der Waals surface area contributed by atoms with Gasteiger partial charge in [-0.15, -0.1) is 0 Å². The number of aliphatic hydroxyl groups is 1. The summed E-state index contributed by atoms with van der Waals surface area (Å²) >= 11 is 0. The lowest BCUT2D eigenvalue weighted by atomic mass is 10.1. The van der Waals surface area contributed by atoms with Gasteiger partial charge in [-0.2, -0.15) is 0 Å². The predicted octanol–water partition coefficient (Wildman–Crippen LogP) is 0.0159. The lowest BCUT2D eigenvalue weighted by molar-refractivity contribution is -0.139. The van der Waals surface area contributed by atoms with Crippen LogP contribution in [0.5, 0.6) is 0 Å². The molecule has 1 rings (SSSR count). The van der Waals surface area contributed by atoms with Crippen LogP contribution < -0.4 is 5.32 Å². The lowest BCUT2D eigenvalue weighted by Gasteiger charge is -2.30. The molecule has 3 N–H and O–H groups in total. The first-order chi connectivity index (χ1) is 7.54. The molecule has 0 spiro atoms. The number of hydrogen-bond acceptors (Lipinski definition) is 3. The topological polar surface area (TPSA) is 89.9 Å². The van der Waals surface area contributed by atoms with Crippen LogP contribution >= 0.6 is 0 Å². The standard InChI is InChI=1S/C10H18N2O4/c1-2-8(9(14)15)11-10(16)12-5-3-7(13)4-6-12/h7-8,13H,2-6H2,1H3,(H,11,16)(H,14,15)/t8-/m1/s1. The summed E-state index contributed by atoms with van der Waals surface area (Å²) in [6.45, 7) is 2.66. The van der Waals surface area contributed by atoms with Crippen molar-refractivity contribution in [1.29, 1.82) is 0 Å². The zero-order valence-electron chi connectivity index (χ0n) is 9.35. The molecule has 0 aromatic heterocycles. The number of carboxylic acid groups (broad SMARTS) is 1. The number of nitrogens with zero attached hydrogens (tertiary/aromatic N) is 1. The predicted molar refractivity (Wildman–Crippen MR) is 57.1 cm³/mol. The summed E-state index contributed by atoms with van der Waals surface area (Å²) < 4.78 is 0. The number of rotatable bonds is 3. The Labute approximate surface area is 94.2 Å². The maximum atomic E-state index is 11.6. The van der Waals surface area contributed by atoms with E-state index in [1.54, 1.807) is 11.8 Å². The molecule has 92 valence electrons. The van der Waals surface area contributed by atoms with Crippen molar-refractivity contribution < 1.29 is 19.8 Å². The van der Waals surface area contributed by atoms with Gasteiger partial charge in [0.05, 0.1) is 6.10 Å². The van der Waals surface area contributed by atoms with Crippen molar-refractivity contribution in [2.45, 2.75) is 38.3 Å². The number of carboxylic acids is 1. The molecule has 1 saturated heterocycles. The van der Waals surface area contributed by atoms with E-state index < -0.39 is 12.0 Å². The molecule has 1 aliphatic rings. The number of aliphatic carboxylic acids is 1. The summed E-state index contributed by atoms with van der Waals surface area (Å²) in [4.78, 5) is 23.9. The maximum Gasteiger partial charge on any atom is 0.326 e. The third kappa shape index (κ3) is 3.37. The number of aliphatic hydroxyl groups excluding tert-OH is 1. The third-order valence-corrected chi connectivity index (χ3v) is 2.76. The molecule has 0 aromatic rings. The van der Waals surface area contributed by atoms with Crippen molar-refractivity contribution in [2.75, 3.05) is 13.1 Å². The number of likely N-dealkylation sites (tertiary alicyclic amines) is 1. The van der Waals surface area contributed by atoms with E-state index in [0.717, 1.165) is 0 Å². The van der Waals surface area contributed by atoms with Crippen LogP contribution in [0.3, 0.4) is 0 Å². The quantitative estimate of drug-likeness (QED) is 0.637. The summed E-state index contributed by atoms with van der Waals surface area (Å²) in [5.41, 5.74) is 0. The first-order valence-corrected chi connectivity index (χ1v) is 5.51. The largest absolute Gasteiger partial charge is 0.480 e. The Morgan fingerprint density at radius 2 is 2.00 bits per heavy atom. The van der Waals surface area contributed by atoms with Gasteiger partial charge in [0.15, 0.2) is 0 Å². The van der Waals surface area contributed by atoms with Crippen molar-refractivity contribution >= 4 is 12.0 Å². The number of carbonyl (C=O) groups excluding carboxylic acids is 1. The average molecular weight is 230 g/mol. The molecule has 2 amide bonds. The molecule has 6 nitrogen and oxygen atoms in total. The maximum absolute atomic E-state index is 11.6. The molecule has 6 heteroatoms. The minimum absolute atomic E-state index is 0.342. The van der Waals surface area contributed by atoms with Gasteiger partial charge in [-0.05, 0) is 19.3 Å². The summed E-state index contributed by atoms with van der Waals surface area (Å²) in [7, 11) is 0. The van der Waals surface area contributed by atoms with Gasteiger partial charge in [-0.1, -0.05) is 6.92 Å². The number of hydrogen-bond donors (Lipinski definition) is 3.